The number of terminal acetylenes is 1. The second kappa shape index (κ2) is 9.96. The summed E-state index contributed by atoms with van der Waals surface area (Å²) in [6.07, 6.45) is 10.5. The molecule has 2 aromatic heterocycles. The van der Waals surface area contributed by atoms with Crippen LogP contribution in [-0.4, -0.2) is 99.5 Å². The van der Waals surface area contributed by atoms with E-state index in [-0.39, 0.29) is 17.2 Å². The highest BCUT2D eigenvalue weighted by molar-refractivity contribution is 7.86. The summed E-state index contributed by atoms with van der Waals surface area (Å²) in [5, 5.41) is 14.9. The number of anilines is 1. The van der Waals surface area contributed by atoms with Gasteiger partial charge in [-0.05, 0) is 52.1 Å². The molecule has 1 saturated carbocycles. The number of likely N-dealkylation sites (N-methyl/N-ethyl adjacent to an activating group) is 1. The minimum Gasteiger partial charge on any atom is -0.388 e. The molecule has 5 rings (SSSR count). The van der Waals surface area contributed by atoms with Crippen molar-refractivity contribution in [1.82, 2.24) is 28.0 Å². The van der Waals surface area contributed by atoms with E-state index in [1.807, 2.05) is 7.05 Å². The van der Waals surface area contributed by atoms with Crippen LogP contribution in [0.5, 0.6) is 0 Å². The van der Waals surface area contributed by atoms with Crippen molar-refractivity contribution in [2.45, 2.75) is 56.7 Å². The number of nitrogens with one attached hydrogen (secondary N) is 1. The molecule has 3 fully saturated rings. The molecule has 4 heterocycles. The molecular weight excluding hydrogens is 494 g/mol. The number of hydrogen-bond donors (Lipinski definition) is 2. The average molecular weight is 530 g/mol. The van der Waals surface area contributed by atoms with Gasteiger partial charge in [0, 0.05) is 56.9 Å². The first kappa shape index (κ1) is 26.1. The number of aliphatic hydroxyl groups is 1. The predicted octanol–water partition coefficient (Wildman–Crippen LogP) is 0.617. The summed E-state index contributed by atoms with van der Waals surface area (Å²) in [4.78, 5) is 24.5. The van der Waals surface area contributed by atoms with Gasteiger partial charge in [-0.15, -0.1) is 6.42 Å². The van der Waals surface area contributed by atoms with Crippen LogP contribution in [0, 0.1) is 12.3 Å². The summed E-state index contributed by atoms with van der Waals surface area (Å²) >= 11 is 0. The molecule has 0 bridgehead atoms. The van der Waals surface area contributed by atoms with Crippen molar-refractivity contribution in [3.63, 3.8) is 0 Å². The van der Waals surface area contributed by atoms with E-state index < -0.39 is 21.9 Å². The Morgan fingerprint density at radius 3 is 2.43 bits per heavy atom. The number of nitrogens with zero attached hydrogens (tertiary/aromatic N) is 6. The van der Waals surface area contributed by atoms with Crippen molar-refractivity contribution in [3.8, 4) is 12.3 Å². The van der Waals surface area contributed by atoms with Gasteiger partial charge in [-0.2, -0.15) is 22.0 Å². The second-order valence-electron chi connectivity index (χ2n) is 10.6. The summed E-state index contributed by atoms with van der Waals surface area (Å²) in [5.41, 5.74) is -0.726. The highest BCUT2D eigenvalue weighted by Crippen LogP contribution is 2.39. The molecule has 2 aromatic rings. The number of pyridine rings is 1. The van der Waals surface area contributed by atoms with Crippen molar-refractivity contribution in [3.05, 3.63) is 28.2 Å². The second-order valence-corrected chi connectivity index (χ2v) is 12.6. The first-order valence-electron chi connectivity index (χ1n) is 12.9. The van der Waals surface area contributed by atoms with Crippen LogP contribution in [0.4, 0.5) is 5.95 Å². The first-order chi connectivity index (χ1) is 17.6. The fourth-order valence-electron chi connectivity index (χ4n) is 5.72. The lowest BCUT2D eigenvalue weighted by Crippen LogP contribution is -2.54. The van der Waals surface area contributed by atoms with Gasteiger partial charge >= 0.3 is 0 Å². The smallest absolute Gasteiger partial charge is 0.282 e. The van der Waals surface area contributed by atoms with E-state index in [1.54, 1.807) is 27.8 Å². The molecule has 200 valence electrons. The molecule has 2 atom stereocenters. The first-order valence-corrected chi connectivity index (χ1v) is 14.3. The maximum Gasteiger partial charge on any atom is 0.282 e. The van der Waals surface area contributed by atoms with Gasteiger partial charge in [0.15, 0.2) is 0 Å². The van der Waals surface area contributed by atoms with E-state index in [4.69, 9.17) is 6.42 Å². The average Bonchev–Trinajstić information content (AvgIpc) is 3.22. The Labute approximate surface area is 217 Å². The van der Waals surface area contributed by atoms with Crippen molar-refractivity contribution in [2.24, 2.45) is 0 Å². The van der Waals surface area contributed by atoms with Crippen molar-refractivity contribution >= 4 is 27.2 Å². The number of aromatic nitrogens is 3. The molecule has 0 unspecified atom stereocenters. The van der Waals surface area contributed by atoms with Crippen LogP contribution in [0.3, 0.4) is 0 Å². The highest BCUT2D eigenvalue weighted by atomic mass is 32.2. The van der Waals surface area contributed by atoms with E-state index in [0.717, 1.165) is 19.5 Å². The summed E-state index contributed by atoms with van der Waals surface area (Å²) in [6.45, 7) is 5.08. The lowest BCUT2D eigenvalue weighted by Gasteiger charge is -2.38. The third-order valence-corrected chi connectivity index (χ3v) is 10.1. The number of hydrogen-bond acceptors (Lipinski definition) is 8. The summed E-state index contributed by atoms with van der Waals surface area (Å²) in [5.74, 6) is 2.82. The van der Waals surface area contributed by atoms with E-state index >= 15 is 0 Å². The molecule has 11 nitrogen and oxygen atoms in total. The number of piperidine rings is 1. The normalized spacial score (nSPS) is 26.9. The van der Waals surface area contributed by atoms with Gasteiger partial charge in [-0.3, -0.25) is 9.36 Å². The Balaban J connectivity index is 1.34. The fraction of sp³-hybridized carbons (Fsp3) is 0.640. The quantitative estimate of drug-likeness (QED) is 0.541. The van der Waals surface area contributed by atoms with Crippen molar-refractivity contribution < 1.29 is 13.5 Å². The van der Waals surface area contributed by atoms with Gasteiger partial charge in [0.25, 0.3) is 15.8 Å². The molecule has 37 heavy (non-hydrogen) atoms. The Morgan fingerprint density at radius 1 is 1.14 bits per heavy atom. The summed E-state index contributed by atoms with van der Waals surface area (Å²) in [6, 6.07) is 1.18. The van der Waals surface area contributed by atoms with Gasteiger partial charge in [-0.1, -0.05) is 5.92 Å². The SMILES string of the molecule is C#Cc1cc2cnc(NC3CCN(S(=O)(=O)N4CCN(C)CC4)CC3)nc2n([C@@H]2CCC[C@@]2(C)O)c1=O. The predicted molar refractivity (Wildman–Crippen MR) is 141 cm³/mol. The highest BCUT2D eigenvalue weighted by Gasteiger charge is 2.40. The van der Waals surface area contributed by atoms with E-state index in [0.29, 0.717) is 68.8 Å². The minimum absolute atomic E-state index is 0.00358. The van der Waals surface area contributed by atoms with Crippen LogP contribution in [0.15, 0.2) is 17.1 Å². The van der Waals surface area contributed by atoms with Crippen LogP contribution in [0.25, 0.3) is 11.0 Å². The zero-order valence-electron chi connectivity index (χ0n) is 21.4. The maximum atomic E-state index is 13.2. The maximum absolute atomic E-state index is 13.2. The summed E-state index contributed by atoms with van der Waals surface area (Å²) in [7, 11) is -1.47. The Hall–Kier alpha value is -2.56. The molecule has 0 spiro atoms. The van der Waals surface area contributed by atoms with Gasteiger partial charge in [0.2, 0.25) is 5.95 Å². The number of piperazine rings is 1. The monoisotopic (exact) mass is 529 g/mol. The molecule has 0 radical (unpaired) electrons. The van der Waals surface area contributed by atoms with Crippen LogP contribution < -0.4 is 10.9 Å². The minimum atomic E-state index is -3.47. The fourth-order valence-corrected chi connectivity index (χ4v) is 7.34. The van der Waals surface area contributed by atoms with Crippen molar-refractivity contribution in [2.75, 3.05) is 51.6 Å². The lowest BCUT2D eigenvalue weighted by atomic mass is 9.99. The Morgan fingerprint density at radius 2 is 1.81 bits per heavy atom. The van der Waals surface area contributed by atoms with E-state index in [2.05, 4.69) is 26.1 Å². The van der Waals surface area contributed by atoms with Gasteiger partial charge in [-0.25, -0.2) is 4.98 Å². The van der Waals surface area contributed by atoms with Crippen LogP contribution in [0.1, 0.15) is 50.6 Å². The molecule has 2 aliphatic heterocycles. The zero-order chi connectivity index (χ0) is 26.4. The van der Waals surface area contributed by atoms with E-state index in [9.17, 15) is 18.3 Å². The zero-order valence-corrected chi connectivity index (χ0v) is 22.2. The van der Waals surface area contributed by atoms with Crippen LogP contribution in [-0.2, 0) is 10.2 Å². The van der Waals surface area contributed by atoms with Crippen LogP contribution >= 0.6 is 0 Å². The van der Waals surface area contributed by atoms with Crippen molar-refractivity contribution in [1.29, 1.82) is 0 Å². The largest absolute Gasteiger partial charge is 0.388 e. The third kappa shape index (κ3) is 4.98. The molecule has 2 saturated heterocycles. The molecule has 12 heteroatoms. The third-order valence-electron chi connectivity index (χ3n) is 8.02. The molecule has 1 aliphatic carbocycles. The molecular formula is C25H35N7O4S. The van der Waals surface area contributed by atoms with E-state index in [1.165, 1.54) is 4.57 Å². The van der Waals surface area contributed by atoms with Gasteiger partial charge in [0.05, 0.1) is 17.2 Å². The van der Waals surface area contributed by atoms with Crippen LogP contribution in [0.2, 0.25) is 0 Å². The molecule has 3 aliphatic rings. The Bertz CT molecular complexity index is 1370. The van der Waals surface area contributed by atoms with Gasteiger partial charge < -0.3 is 15.3 Å². The topological polar surface area (TPSA) is 124 Å². The Kier molecular flexibility index (Phi) is 7.02. The van der Waals surface area contributed by atoms with Gasteiger partial charge in [0.1, 0.15) is 5.65 Å². The molecule has 2 N–H and O–H groups in total. The standard InChI is InChI=1S/C25H35N7O4S/c1-4-18-16-19-17-26-24(28-22(19)32(23(18)33)21-6-5-9-25(21,2)34)27-20-7-10-30(11-8-20)37(35,36)31-14-12-29(3)13-15-31/h1,16-17,20-21,34H,5-15H2,2-3H3,(H,26,27,28)/t21-,25-/m1/s1. The lowest BCUT2D eigenvalue weighted by molar-refractivity contribution is 0.0266. The summed E-state index contributed by atoms with van der Waals surface area (Å²) < 4.78 is 30.8. The number of fused-ring (bicyclic) bond motifs is 1. The number of rotatable bonds is 5. The molecule has 0 amide bonds. The molecule has 0 aromatic carbocycles.